The van der Waals surface area contributed by atoms with Crippen LogP contribution in [0.5, 0.6) is 5.75 Å². The second kappa shape index (κ2) is 4.37. The highest BCUT2D eigenvalue weighted by Gasteiger charge is 2.18. The molecule has 0 aromatic heterocycles. The van der Waals surface area contributed by atoms with E-state index in [0.717, 1.165) is 0 Å². The van der Waals surface area contributed by atoms with E-state index in [9.17, 15) is 13.9 Å². The predicted molar refractivity (Wildman–Crippen MR) is 48.6 cm³/mol. The zero-order valence-corrected chi connectivity index (χ0v) is 8.05. The molecule has 0 aliphatic heterocycles. The summed E-state index contributed by atoms with van der Waals surface area (Å²) in [6.45, 7) is 0.660. The number of hydrogen-bond donors (Lipinski definition) is 1. The van der Waals surface area contributed by atoms with E-state index in [1.54, 1.807) is 13.0 Å². The number of methoxy groups -OCH3 is 1. The summed E-state index contributed by atoms with van der Waals surface area (Å²) in [7, 11) is 1.35. The number of rotatable bonds is 3. The van der Waals surface area contributed by atoms with E-state index < -0.39 is 18.6 Å². The Kier molecular flexibility index (Phi) is 3.41. The van der Waals surface area contributed by atoms with Crippen molar-refractivity contribution >= 4 is 0 Å². The van der Waals surface area contributed by atoms with Crippen LogP contribution in [0.1, 0.15) is 17.2 Å². The molecule has 0 saturated heterocycles. The fourth-order valence-corrected chi connectivity index (χ4v) is 1.29. The van der Waals surface area contributed by atoms with Gasteiger partial charge in [0.25, 0.3) is 0 Å². The molecule has 14 heavy (non-hydrogen) atoms. The van der Waals surface area contributed by atoms with Gasteiger partial charge in [0.2, 0.25) is 0 Å². The first-order chi connectivity index (χ1) is 6.60. The zero-order chi connectivity index (χ0) is 10.7. The van der Waals surface area contributed by atoms with Gasteiger partial charge in [-0.2, -0.15) is 0 Å². The Morgan fingerprint density at radius 2 is 2.14 bits per heavy atom. The Morgan fingerprint density at radius 1 is 1.50 bits per heavy atom. The standard InChI is InChI=1S/C10H12F2O2/c1-6-3-7(12)10(8(13)5-11)9(4-6)14-2/h3-4,8,13H,5H2,1-2H3. The van der Waals surface area contributed by atoms with Gasteiger partial charge < -0.3 is 9.84 Å². The second-order valence-electron chi connectivity index (χ2n) is 3.03. The molecule has 0 heterocycles. The summed E-state index contributed by atoms with van der Waals surface area (Å²) in [5.74, 6) is -0.473. The molecule has 0 spiro atoms. The van der Waals surface area contributed by atoms with E-state index in [-0.39, 0.29) is 11.3 Å². The van der Waals surface area contributed by atoms with E-state index >= 15 is 0 Å². The number of alkyl halides is 1. The van der Waals surface area contributed by atoms with Gasteiger partial charge >= 0.3 is 0 Å². The Morgan fingerprint density at radius 3 is 2.64 bits per heavy atom. The fourth-order valence-electron chi connectivity index (χ4n) is 1.29. The maximum atomic E-state index is 13.3. The minimum atomic E-state index is -1.47. The Bertz CT molecular complexity index is 326. The van der Waals surface area contributed by atoms with Crippen LogP contribution in [0.2, 0.25) is 0 Å². The number of aliphatic hydroxyl groups is 1. The lowest BCUT2D eigenvalue weighted by Crippen LogP contribution is -2.05. The van der Waals surface area contributed by atoms with Crippen LogP contribution in [0, 0.1) is 12.7 Å². The maximum absolute atomic E-state index is 13.3. The lowest BCUT2D eigenvalue weighted by Gasteiger charge is -2.13. The van der Waals surface area contributed by atoms with E-state index in [2.05, 4.69) is 0 Å². The van der Waals surface area contributed by atoms with Crippen molar-refractivity contribution in [1.82, 2.24) is 0 Å². The number of hydrogen-bond acceptors (Lipinski definition) is 2. The third-order valence-electron chi connectivity index (χ3n) is 1.94. The average Bonchev–Trinajstić information content (AvgIpc) is 2.15. The van der Waals surface area contributed by atoms with Gasteiger partial charge in [0, 0.05) is 0 Å². The first-order valence-corrected chi connectivity index (χ1v) is 4.18. The molecule has 4 heteroatoms. The van der Waals surface area contributed by atoms with E-state index in [1.165, 1.54) is 13.2 Å². The minimum absolute atomic E-state index is 0.124. The van der Waals surface area contributed by atoms with Gasteiger partial charge in [0.15, 0.2) is 0 Å². The Hall–Kier alpha value is -1.16. The van der Waals surface area contributed by atoms with E-state index in [4.69, 9.17) is 4.74 Å². The van der Waals surface area contributed by atoms with Gasteiger partial charge in [-0.25, -0.2) is 8.78 Å². The smallest absolute Gasteiger partial charge is 0.133 e. The van der Waals surface area contributed by atoms with Crippen LogP contribution >= 0.6 is 0 Å². The fraction of sp³-hybridized carbons (Fsp3) is 0.400. The van der Waals surface area contributed by atoms with Crippen molar-refractivity contribution in [3.63, 3.8) is 0 Å². The third-order valence-corrected chi connectivity index (χ3v) is 1.94. The maximum Gasteiger partial charge on any atom is 0.133 e. The number of aliphatic hydroxyl groups excluding tert-OH is 1. The van der Waals surface area contributed by atoms with Crippen molar-refractivity contribution in [2.75, 3.05) is 13.8 Å². The molecule has 0 aliphatic carbocycles. The molecule has 0 aliphatic rings. The van der Waals surface area contributed by atoms with Crippen LogP contribution in [0.25, 0.3) is 0 Å². The molecule has 2 nitrogen and oxygen atoms in total. The zero-order valence-electron chi connectivity index (χ0n) is 8.05. The summed E-state index contributed by atoms with van der Waals surface area (Å²) >= 11 is 0. The molecule has 1 atom stereocenters. The molecule has 78 valence electrons. The molecule has 1 N–H and O–H groups in total. The largest absolute Gasteiger partial charge is 0.496 e. The first kappa shape index (κ1) is 10.9. The normalized spacial score (nSPS) is 12.6. The molecule has 1 aromatic rings. The SMILES string of the molecule is COc1cc(C)cc(F)c1C(O)CF. The molecule has 0 radical (unpaired) electrons. The minimum Gasteiger partial charge on any atom is -0.496 e. The summed E-state index contributed by atoms with van der Waals surface area (Å²) in [5, 5.41) is 9.22. The first-order valence-electron chi connectivity index (χ1n) is 4.18. The van der Waals surface area contributed by atoms with Crippen molar-refractivity contribution < 1.29 is 18.6 Å². The van der Waals surface area contributed by atoms with E-state index in [0.29, 0.717) is 5.56 Å². The van der Waals surface area contributed by atoms with Gasteiger partial charge in [-0.05, 0) is 24.6 Å². The van der Waals surface area contributed by atoms with Gasteiger partial charge in [-0.15, -0.1) is 0 Å². The van der Waals surface area contributed by atoms with Crippen LogP contribution in [0.3, 0.4) is 0 Å². The monoisotopic (exact) mass is 202 g/mol. The highest BCUT2D eigenvalue weighted by Crippen LogP contribution is 2.29. The summed E-state index contributed by atoms with van der Waals surface area (Å²) in [6, 6.07) is 2.79. The molecule has 0 amide bonds. The van der Waals surface area contributed by atoms with Crippen molar-refractivity contribution in [2.24, 2.45) is 0 Å². The molecule has 1 aromatic carbocycles. The molecular formula is C10H12F2O2. The number of benzene rings is 1. The van der Waals surface area contributed by atoms with Crippen molar-refractivity contribution in [3.8, 4) is 5.75 Å². The van der Waals surface area contributed by atoms with Crippen molar-refractivity contribution in [2.45, 2.75) is 13.0 Å². The predicted octanol–water partition coefficient (Wildman–Crippen LogP) is 2.15. The summed E-state index contributed by atoms with van der Waals surface area (Å²) in [4.78, 5) is 0. The van der Waals surface area contributed by atoms with Gasteiger partial charge in [-0.3, -0.25) is 0 Å². The van der Waals surface area contributed by atoms with Crippen molar-refractivity contribution in [1.29, 1.82) is 0 Å². The molecule has 1 unspecified atom stereocenters. The summed E-state index contributed by atoms with van der Waals surface area (Å²) in [6.07, 6.45) is -1.47. The molecule has 0 fully saturated rings. The van der Waals surface area contributed by atoms with Crippen molar-refractivity contribution in [3.05, 3.63) is 29.1 Å². The number of aryl methyl sites for hydroxylation is 1. The third kappa shape index (κ3) is 2.01. The second-order valence-corrected chi connectivity index (χ2v) is 3.03. The van der Waals surface area contributed by atoms with E-state index in [1.807, 2.05) is 0 Å². The van der Waals surface area contributed by atoms with Gasteiger partial charge in [0.05, 0.1) is 12.7 Å². The highest BCUT2D eigenvalue weighted by atomic mass is 19.1. The number of ether oxygens (including phenoxy) is 1. The van der Waals surface area contributed by atoms with Gasteiger partial charge in [0.1, 0.15) is 24.3 Å². The lowest BCUT2D eigenvalue weighted by atomic mass is 10.1. The molecule has 0 bridgehead atoms. The topological polar surface area (TPSA) is 29.5 Å². The quantitative estimate of drug-likeness (QED) is 0.813. The highest BCUT2D eigenvalue weighted by molar-refractivity contribution is 5.39. The van der Waals surface area contributed by atoms with Crippen LogP contribution in [-0.4, -0.2) is 18.9 Å². The lowest BCUT2D eigenvalue weighted by molar-refractivity contribution is 0.134. The van der Waals surface area contributed by atoms with Crippen LogP contribution in [0.4, 0.5) is 8.78 Å². The molecule has 0 saturated carbocycles. The Balaban J connectivity index is 3.24. The number of halogens is 2. The van der Waals surface area contributed by atoms with Gasteiger partial charge in [-0.1, -0.05) is 0 Å². The average molecular weight is 202 g/mol. The molecule has 1 rings (SSSR count). The molecular weight excluding hydrogens is 190 g/mol. The van der Waals surface area contributed by atoms with Crippen LogP contribution in [-0.2, 0) is 0 Å². The summed E-state index contributed by atoms with van der Waals surface area (Å²) < 4.78 is 30.4. The van der Waals surface area contributed by atoms with Crippen LogP contribution < -0.4 is 4.74 Å². The Labute approximate surface area is 81.1 Å². The summed E-state index contributed by atoms with van der Waals surface area (Å²) in [5.41, 5.74) is 0.537. The van der Waals surface area contributed by atoms with Crippen LogP contribution in [0.15, 0.2) is 12.1 Å².